The quantitative estimate of drug-likeness (QED) is 0.143. The molecule has 1 saturated heterocycles. The first-order chi connectivity index (χ1) is 28.3. The van der Waals surface area contributed by atoms with Crippen molar-refractivity contribution in [3.63, 3.8) is 0 Å². The number of aromatic nitrogens is 2. The molecule has 0 spiro atoms. The molecule has 5 N–H and O–H groups in total. The fourth-order valence-corrected chi connectivity index (χ4v) is 6.85. The number of carboxylic acids is 1. The number of carbonyl (C=O) groups is 8. The van der Waals surface area contributed by atoms with Gasteiger partial charge in [0.1, 0.15) is 36.0 Å². The summed E-state index contributed by atoms with van der Waals surface area (Å²) in [6.45, 7) is 9.26. The van der Waals surface area contributed by atoms with E-state index in [0.717, 1.165) is 23.0 Å². The molecule has 60 heavy (non-hydrogen) atoms. The average molecular weight is 843 g/mol. The lowest BCUT2D eigenvalue weighted by Gasteiger charge is -2.32. The highest BCUT2D eigenvalue weighted by atomic mass is 19.3. The lowest BCUT2D eigenvalue weighted by molar-refractivity contribution is -0.162. The van der Waals surface area contributed by atoms with Gasteiger partial charge in [-0.25, -0.2) is 9.78 Å². The third-order valence-electron chi connectivity index (χ3n) is 10.3. The van der Waals surface area contributed by atoms with Crippen LogP contribution in [0.1, 0.15) is 82.4 Å². The van der Waals surface area contributed by atoms with Crippen LogP contribution < -0.4 is 21.3 Å². The van der Waals surface area contributed by atoms with E-state index >= 15 is 8.78 Å². The third-order valence-corrected chi connectivity index (χ3v) is 10.3. The van der Waals surface area contributed by atoms with Gasteiger partial charge in [0, 0.05) is 31.9 Å². The Morgan fingerprint density at radius 3 is 2.18 bits per heavy atom. The maximum Gasteiger partial charge on any atom is 0.410 e. The van der Waals surface area contributed by atoms with Crippen LogP contribution in [0.2, 0.25) is 0 Å². The number of hydrogen-bond donors (Lipinski definition) is 5. The van der Waals surface area contributed by atoms with Gasteiger partial charge in [0.2, 0.25) is 23.5 Å². The van der Waals surface area contributed by atoms with Gasteiger partial charge in [-0.05, 0) is 42.7 Å². The van der Waals surface area contributed by atoms with Gasteiger partial charge in [0.05, 0.1) is 18.8 Å². The molecule has 1 fully saturated rings. The molecule has 0 unspecified atom stereocenters. The van der Waals surface area contributed by atoms with E-state index < -0.39 is 101 Å². The van der Waals surface area contributed by atoms with E-state index in [9.17, 15) is 38.4 Å². The van der Waals surface area contributed by atoms with E-state index in [-0.39, 0.29) is 38.0 Å². The third kappa shape index (κ3) is 11.3. The molecule has 2 aromatic rings. The Bertz CT molecular complexity index is 1930. The summed E-state index contributed by atoms with van der Waals surface area (Å²) in [7, 11) is 0. The number of hydrogen-bond acceptors (Lipinski definition) is 11. The maximum absolute atomic E-state index is 15.2. The number of ketones is 1. The number of alkyl halides is 2. The first-order valence-electron chi connectivity index (χ1n) is 19.7. The molecule has 326 valence electrons. The summed E-state index contributed by atoms with van der Waals surface area (Å²) in [6, 6.07) is -0.155. The van der Waals surface area contributed by atoms with Gasteiger partial charge in [-0.3, -0.25) is 38.5 Å². The number of halogens is 2. The number of carbonyl (C=O) groups excluding carboxylic acids is 7. The molecule has 0 aliphatic carbocycles. The zero-order valence-electron chi connectivity index (χ0n) is 34.3. The highest BCUT2D eigenvalue weighted by molar-refractivity contribution is 6.11. The van der Waals surface area contributed by atoms with E-state index in [1.807, 2.05) is 24.3 Å². The monoisotopic (exact) mass is 842 g/mol. The Balaban J connectivity index is 1.60. The van der Waals surface area contributed by atoms with Crippen molar-refractivity contribution in [3.05, 3.63) is 59.7 Å². The fourth-order valence-electron chi connectivity index (χ4n) is 6.85. The van der Waals surface area contributed by atoms with Crippen molar-refractivity contribution in [1.82, 2.24) is 41.0 Å². The number of Topliss-reactive ketones (excluding diaryl/α,β-unsaturated/α-hetero) is 1. The van der Waals surface area contributed by atoms with Crippen LogP contribution in [0.3, 0.4) is 0 Å². The minimum Gasteiger partial charge on any atom is -0.480 e. The predicted molar refractivity (Wildman–Crippen MR) is 208 cm³/mol. The van der Waals surface area contributed by atoms with E-state index in [4.69, 9.17) is 9.84 Å². The lowest BCUT2D eigenvalue weighted by Crippen LogP contribution is -2.60. The molecule has 0 saturated carbocycles. The lowest BCUT2D eigenvalue weighted by atomic mass is 9.98. The van der Waals surface area contributed by atoms with Gasteiger partial charge in [0.25, 0.3) is 11.8 Å². The fraction of sp³-hybridized carbons (Fsp3) is 0.550. The second-order valence-corrected chi connectivity index (χ2v) is 15.5. The van der Waals surface area contributed by atoms with Crippen molar-refractivity contribution in [2.75, 3.05) is 13.1 Å². The van der Waals surface area contributed by atoms with Crippen molar-refractivity contribution in [2.45, 2.75) is 116 Å². The minimum atomic E-state index is -4.75. The number of likely N-dealkylation sites (tertiary alicyclic amines) is 1. The highest BCUT2D eigenvalue weighted by Crippen LogP contribution is 2.27. The van der Waals surface area contributed by atoms with Gasteiger partial charge < -0.3 is 40.9 Å². The normalized spacial score (nSPS) is 18.4. The van der Waals surface area contributed by atoms with Crippen molar-refractivity contribution >= 4 is 47.4 Å². The van der Waals surface area contributed by atoms with Crippen molar-refractivity contribution in [3.8, 4) is 0 Å². The van der Waals surface area contributed by atoms with Crippen molar-refractivity contribution in [2.24, 2.45) is 11.8 Å². The number of fused-ring (bicyclic) bond motifs is 1. The molecule has 3 heterocycles. The summed E-state index contributed by atoms with van der Waals surface area (Å²) >= 11 is 0. The van der Waals surface area contributed by atoms with Gasteiger partial charge >= 0.3 is 18.0 Å². The summed E-state index contributed by atoms with van der Waals surface area (Å²) in [5, 5.41) is 18.2. The van der Waals surface area contributed by atoms with Gasteiger partial charge in [0.15, 0.2) is 0 Å². The molecule has 1 aromatic carbocycles. The number of aliphatic carboxylic acids is 1. The Morgan fingerprint density at radius 2 is 1.58 bits per heavy atom. The van der Waals surface area contributed by atoms with Crippen LogP contribution in [0, 0.1) is 11.8 Å². The number of rotatable bonds is 17. The molecular weight excluding hydrogens is 790 g/mol. The molecule has 2 aliphatic heterocycles. The molecule has 0 radical (unpaired) electrons. The average Bonchev–Trinajstić information content (AvgIpc) is 3.64. The number of carboxylic acid groups (broad SMARTS) is 1. The van der Waals surface area contributed by atoms with E-state index in [1.54, 1.807) is 33.0 Å². The molecule has 20 heteroatoms. The molecule has 4 rings (SSSR count). The first kappa shape index (κ1) is 46.6. The van der Waals surface area contributed by atoms with Gasteiger partial charge in [-0.15, -0.1) is 0 Å². The predicted octanol–water partition coefficient (Wildman–Crippen LogP) is 1.61. The maximum atomic E-state index is 15.2. The molecule has 6 atom stereocenters. The molecule has 2 aliphatic rings. The molecule has 18 nitrogen and oxygen atoms in total. The van der Waals surface area contributed by atoms with Crippen molar-refractivity contribution in [1.29, 1.82) is 0 Å². The SMILES string of the molecule is CCC[C@H](NC(=O)[C@@H]1C[C@@H](OC(=O)N2CCc3ccccc3C2)CN1C(=O)[C@@H](NC(=O)[C@@H](NC(=O)c1cnccn1)C(C)C)C(C)C)C(=O)C(F)(F)C(=O)N[C@@H](C)C(=O)O. The smallest absolute Gasteiger partial charge is 0.410 e. The van der Waals surface area contributed by atoms with E-state index in [2.05, 4.69) is 25.9 Å². The number of ether oxygens (including phenoxy) is 1. The summed E-state index contributed by atoms with van der Waals surface area (Å²) in [4.78, 5) is 116. The Kier molecular flexibility index (Phi) is 15.7. The van der Waals surface area contributed by atoms with Gasteiger partial charge in [-0.1, -0.05) is 65.3 Å². The van der Waals surface area contributed by atoms with Gasteiger partial charge in [-0.2, -0.15) is 8.78 Å². The Morgan fingerprint density at radius 1 is 0.917 bits per heavy atom. The van der Waals surface area contributed by atoms with E-state index in [0.29, 0.717) is 13.0 Å². The number of amides is 6. The van der Waals surface area contributed by atoms with Crippen LogP contribution in [-0.4, -0.2) is 128 Å². The van der Waals surface area contributed by atoms with Crippen LogP contribution in [0.25, 0.3) is 0 Å². The van der Waals surface area contributed by atoms with Crippen LogP contribution in [0.4, 0.5) is 13.6 Å². The first-order valence-corrected chi connectivity index (χ1v) is 19.7. The Labute approximate surface area is 345 Å². The van der Waals surface area contributed by atoms with Crippen molar-refractivity contribution < 1.29 is 57.0 Å². The number of benzene rings is 1. The highest BCUT2D eigenvalue weighted by Gasteiger charge is 2.52. The molecule has 0 bridgehead atoms. The second-order valence-electron chi connectivity index (χ2n) is 15.5. The molecular formula is C40H52F2N8O10. The molecule has 1 aromatic heterocycles. The Hall–Kier alpha value is -6.08. The summed E-state index contributed by atoms with van der Waals surface area (Å²) in [5.74, 6) is -15.0. The summed E-state index contributed by atoms with van der Waals surface area (Å²) in [6.07, 6.45) is 2.01. The second kappa shape index (κ2) is 20.3. The van der Waals surface area contributed by atoms with Crippen LogP contribution in [-0.2, 0) is 46.5 Å². The standard InChI is InChI=1S/C40H52F2N8O10/c1-7-10-27(32(51)40(41,42)38(58)45-23(6)37(56)57)46-34(53)29-17-26(60-39(59)49-16-13-24-11-8-9-12-25(24)19-49)20-50(29)36(55)31(22(4)5)48-35(54)30(21(2)3)47-33(52)28-18-43-14-15-44-28/h8-9,11-12,14-15,18,21-23,26-27,29-31H,7,10,13,16-17,19-20H2,1-6H3,(H,45,58)(H,46,53)(H,47,52)(H,48,54)(H,56,57)/t23-,26+,27-,29-,30-,31-/m0/s1. The summed E-state index contributed by atoms with van der Waals surface area (Å²) in [5.41, 5.74) is 1.93. The minimum absolute atomic E-state index is 0.0548. The van der Waals surface area contributed by atoms with Crippen LogP contribution in [0.5, 0.6) is 0 Å². The van der Waals surface area contributed by atoms with Crippen LogP contribution >= 0.6 is 0 Å². The summed E-state index contributed by atoms with van der Waals surface area (Å²) < 4.78 is 36.3. The topological polar surface area (TPSA) is 246 Å². The largest absolute Gasteiger partial charge is 0.480 e. The number of nitrogens with one attached hydrogen (secondary N) is 4. The zero-order valence-corrected chi connectivity index (χ0v) is 34.3. The molecule has 6 amide bonds. The van der Waals surface area contributed by atoms with Crippen LogP contribution in [0.15, 0.2) is 42.9 Å². The zero-order chi connectivity index (χ0) is 44.5. The van der Waals surface area contributed by atoms with E-state index in [1.165, 1.54) is 30.4 Å². The number of nitrogens with zero attached hydrogens (tertiary/aromatic N) is 4.